The molecule has 48 heavy (non-hydrogen) atoms. The Kier molecular flexibility index (Phi) is 9.21. The van der Waals surface area contributed by atoms with E-state index in [1.165, 1.54) is 5.56 Å². The van der Waals surface area contributed by atoms with Crippen LogP contribution < -0.4 is 9.80 Å². The molecule has 4 aliphatic rings. The third-order valence-electron chi connectivity index (χ3n) is 9.74. The number of ether oxygens (including phenoxy) is 2. The van der Waals surface area contributed by atoms with Crippen molar-refractivity contribution in [1.29, 1.82) is 0 Å². The van der Waals surface area contributed by atoms with Gasteiger partial charge in [-0.1, -0.05) is 48.6 Å². The summed E-state index contributed by atoms with van der Waals surface area (Å²) in [5.74, 6) is 3.31. The number of nitrogens with zero attached hydrogens (tertiary/aromatic N) is 9. The van der Waals surface area contributed by atoms with Crippen molar-refractivity contribution in [3.8, 4) is 0 Å². The second-order valence-electron chi connectivity index (χ2n) is 13.5. The van der Waals surface area contributed by atoms with Gasteiger partial charge in [0.2, 0.25) is 11.9 Å². The summed E-state index contributed by atoms with van der Waals surface area (Å²) in [5.41, 5.74) is 3.06. The Morgan fingerprint density at radius 2 is 1.90 bits per heavy atom. The first-order valence-corrected chi connectivity index (χ1v) is 17.0. The van der Waals surface area contributed by atoms with Crippen LogP contribution in [0.4, 0.5) is 11.8 Å². The molecule has 0 bridgehead atoms. The summed E-state index contributed by atoms with van der Waals surface area (Å²) >= 11 is 0. The number of methoxy groups -OCH3 is 1. The zero-order valence-electron chi connectivity index (χ0n) is 28.5. The van der Waals surface area contributed by atoms with Gasteiger partial charge in [0.25, 0.3) is 0 Å². The van der Waals surface area contributed by atoms with E-state index < -0.39 is 5.60 Å². The molecule has 3 aliphatic heterocycles. The van der Waals surface area contributed by atoms with Gasteiger partial charge in [-0.25, -0.2) is 9.98 Å². The summed E-state index contributed by atoms with van der Waals surface area (Å²) in [6.07, 6.45) is 12.3. The molecular formula is C36H47N9O3. The SMILES string of the molecule is COCCN(Cc1ccccc1)C1=NC2=CC=CCC2N1c1nc(N2CCOCC2)c2nc(CN3C=CC(C(C)(C)O)CC3)n(C)c2n1. The van der Waals surface area contributed by atoms with Gasteiger partial charge >= 0.3 is 0 Å². The molecule has 0 radical (unpaired) electrons. The number of aliphatic imine (C=N–C) groups is 1. The summed E-state index contributed by atoms with van der Waals surface area (Å²) in [7, 11) is 3.78. The van der Waals surface area contributed by atoms with Gasteiger partial charge in [-0.15, -0.1) is 0 Å². The molecule has 2 aromatic heterocycles. The molecule has 0 saturated carbocycles. The van der Waals surface area contributed by atoms with Crippen molar-refractivity contribution < 1.29 is 14.6 Å². The largest absolute Gasteiger partial charge is 0.390 e. The van der Waals surface area contributed by atoms with Crippen LogP contribution in [-0.2, 0) is 29.6 Å². The van der Waals surface area contributed by atoms with Crippen molar-refractivity contribution in [2.75, 3.05) is 62.9 Å². The van der Waals surface area contributed by atoms with E-state index in [0.717, 1.165) is 66.9 Å². The summed E-state index contributed by atoms with van der Waals surface area (Å²) in [6, 6.07) is 10.5. The number of imidazole rings is 1. The molecule has 2 atom stereocenters. The lowest BCUT2D eigenvalue weighted by atomic mass is 9.86. The predicted molar refractivity (Wildman–Crippen MR) is 188 cm³/mol. The van der Waals surface area contributed by atoms with Crippen molar-refractivity contribution in [1.82, 2.24) is 29.3 Å². The first-order valence-electron chi connectivity index (χ1n) is 17.0. The maximum Gasteiger partial charge on any atom is 0.237 e. The monoisotopic (exact) mass is 653 g/mol. The zero-order chi connectivity index (χ0) is 33.3. The highest BCUT2D eigenvalue weighted by molar-refractivity contribution is 6.00. The molecule has 2 unspecified atom stereocenters. The van der Waals surface area contributed by atoms with Crippen molar-refractivity contribution in [2.24, 2.45) is 18.0 Å². The Bertz CT molecular complexity index is 1720. The highest BCUT2D eigenvalue weighted by Gasteiger charge is 2.39. The summed E-state index contributed by atoms with van der Waals surface area (Å²) in [5, 5.41) is 10.5. The van der Waals surface area contributed by atoms with Gasteiger partial charge < -0.3 is 33.8 Å². The van der Waals surface area contributed by atoms with Gasteiger partial charge in [0.05, 0.1) is 43.7 Å². The molecule has 1 saturated heterocycles. The van der Waals surface area contributed by atoms with E-state index in [2.05, 4.69) is 78.9 Å². The van der Waals surface area contributed by atoms with Crippen molar-refractivity contribution >= 4 is 28.9 Å². The van der Waals surface area contributed by atoms with Crippen molar-refractivity contribution in [2.45, 2.75) is 51.4 Å². The molecule has 0 amide bonds. The van der Waals surface area contributed by atoms with E-state index in [-0.39, 0.29) is 12.0 Å². The van der Waals surface area contributed by atoms with Gasteiger partial charge in [0.15, 0.2) is 17.0 Å². The number of allylic oxidation sites excluding steroid dienone is 2. The smallest absolute Gasteiger partial charge is 0.237 e. The fourth-order valence-electron chi connectivity index (χ4n) is 6.90. The first-order chi connectivity index (χ1) is 23.3. The number of rotatable bonds is 10. The number of aryl methyl sites for hydroxylation is 1. The molecule has 1 fully saturated rings. The average Bonchev–Trinajstić information content (AvgIpc) is 3.64. The molecule has 12 nitrogen and oxygen atoms in total. The number of guanidine groups is 1. The second kappa shape index (κ2) is 13.7. The van der Waals surface area contributed by atoms with Crippen LogP contribution in [0.15, 0.2) is 71.5 Å². The Morgan fingerprint density at radius 3 is 2.62 bits per heavy atom. The Hall–Kier alpha value is -4.26. The molecule has 1 N–H and O–H groups in total. The Labute approximate surface area is 282 Å². The van der Waals surface area contributed by atoms with Crippen LogP contribution in [0, 0.1) is 5.92 Å². The molecule has 3 aromatic rings. The zero-order valence-corrected chi connectivity index (χ0v) is 28.5. The minimum Gasteiger partial charge on any atom is -0.390 e. The summed E-state index contributed by atoms with van der Waals surface area (Å²) in [4.78, 5) is 30.0. The topological polar surface area (TPSA) is 108 Å². The van der Waals surface area contributed by atoms with E-state index in [1.807, 2.05) is 27.0 Å². The fourth-order valence-corrected chi connectivity index (χ4v) is 6.90. The maximum atomic E-state index is 10.5. The van der Waals surface area contributed by atoms with E-state index in [1.54, 1.807) is 7.11 Å². The summed E-state index contributed by atoms with van der Waals surface area (Å²) in [6.45, 7) is 9.89. The molecular weight excluding hydrogens is 606 g/mol. The van der Waals surface area contributed by atoms with Crippen LogP contribution in [0.2, 0.25) is 0 Å². The van der Waals surface area contributed by atoms with Crippen molar-refractivity contribution in [3.05, 3.63) is 77.9 Å². The number of aliphatic hydroxyl groups is 1. The molecule has 12 heteroatoms. The number of morpholine rings is 1. The van der Waals surface area contributed by atoms with E-state index >= 15 is 0 Å². The standard InChI is InChI=1S/C36H47N9O3/c1-36(2,46)27-14-16-42(17-15-27)25-30-38-31-32(41(30)3)39-34(40-33(31)43-19-22-48-23-20-43)45-29-13-9-8-12-28(29)37-35(45)44(18-21-47-4)24-26-10-6-5-7-11-26/h5-12,14,16,27,29,46H,13,15,17-25H2,1-4H3. The molecule has 7 rings (SSSR count). The molecule has 1 aliphatic carbocycles. The number of anilines is 2. The van der Waals surface area contributed by atoms with E-state index in [4.69, 9.17) is 29.4 Å². The van der Waals surface area contributed by atoms with E-state index in [0.29, 0.717) is 45.4 Å². The number of aromatic nitrogens is 4. The minimum absolute atomic E-state index is 0.0179. The van der Waals surface area contributed by atoms with Crippen LogP contribution in [0.3, 0.4) is 0 Å². The normalized spacial score (nSPS) is 21.1. The van der Waals surface area contributed by atoms with Crippen LogP contribution in [0.1, 0.15) is 38.1 Å². The van der Waals surface area contributed by atoms with Gasteiger partial charge in [-0.3, -0.25) is 4.90 Å². The third-order valence-corrected chi connectivity index (χ3v) is 9.74. The van der Waals surface area contributed by atoms with Gasteiger partial charge in [0.1, 0.15) is 5.82 Å². The lowest BCUT2D eigenvalue weighted by molar-refractivity contribution is 0.0263. The van der Waals surface area contributed by atoms with Crippen LogP contribution in [-0.4, -0.2) is 105 Å². The summed E-state index contributed by atoms with van der Waals surface area (Å²) < 4.78 is 13.4. The Morgan fingerprint density at radius 1 is 1.08 bits per heavy atom. The van der Waals surface area contributed by atoms with Crippen molar-refractivity contribution in [3.63, 3.8) is 0 Å². The molecule has 1 aromatic carbocycles. The second-order valence-corrected chi connectivity index (χ2v) is 13.5. The molecule has 0 spiro atoms. The molecule has 254 valence electrons. The number of fused-ring (bicyclic) bond motifs is 2. The van der Waals surface area contributed by atoms with Gasteiger partial charge in [-0.2, -0.15) is 9.97 Å². The minimum atomic E-state index is -0.735. The lowest BCUT2D eigenvalue weighted by Gasteiger charge is -2.34. The highest BCUT2D eigenvalue weighted by atomic mass is 16.5. The molecule has 5 heterocycles. The number of benzene rings is 1. The number of hydrogen-bond acceptors (Lipinski definition) is 11. The van der Waals surface area contributed by atoms with Gasteiger partial charge in [-0.05, 0) is 44.5 Å². The van der Waals surface area contributed by atoms with Crippen LogP contribution in [0.25, 0.3) is 11.2 Å². The van der Waals surface area contributed by atoms with E-state index in [9.17, 15) is 5.11 Å². The quantitative estimate of drug-likeness (QED) is 0.347. The highest BCUT2D eigenvalue weighted by Crippen LogP contribution is 2.35. The van der Waals surface area contributed by atoms with Crippen LogP contribution in [0.5, 0.6) is 0 Å². The maximum absolute atomic E-state index is 10.5. The third kappa shape index (κ3) is 6.56. The fraction of sp³-hybridized carbons (Fsp3) is 0.500. The lowest BCUT2D eigenvalue weighted by Crippen LogP contribution is -2.47. The average molecular weight is 654 g/mol. The Balaban J connectivity index is 1.29. The van der Waals surface area contributed by atoms with Crippen LogP contribution >= 0.6 is 0 Å². The first kappa shape index (κ1) is 32.3. The number of hydrogen-bond donors (Lipinski definition) is 1. The predicted octanol–water partition coefficient (Wildman–Crippen LogP) is 3.84. The van der Waals surface area contributed by atoms with Gasteiger partial charge in [0, 0.05) is 52.8 Å².